The van der Waals surface area contributed by atoms with Gasteiger partial charge >= 0.3 is 7.12 Å². The van der Waals surface area contributed by atoms with Gasteiger partial charge in [-0.1, -0.05) is 42.7 Å². The highest BCUT2D eigenvalue weighted by molar-refractivity contribution is 7.09. The van der Waals surface area contributed by atoms with E-state index in [1.54, 1.807) is 29.7 Å². The first-order valence-electron chi connectivity index (χ1n) is 14.9. The molecule has 2 aliphatic heterocycles. The van der Waals surface area contributed by atoms with Gasteiger partial charge < -0.3 is 14.8 Å². The number of carbonyl (C=O) groups is 2. The van der Waals surface area contributed by atoms with Crippen molar-refractivity contribution in [2.45, 2.75) is 58.0 Å². The number of phenolic OH excluding ortho intramolecular Hbond substituents is 1. The predicted molar refractivity (Wildman–Crippen MR) is 169 cm³/mol. The van der Waals surface area contributed by atoms with Crippen LogP contribution in [0.3, 0.4) is 0 Å². The Morgan fingerprint density at radius 3 is 2.77 bits per heavy atom. The number of carbonyl (C=O) groups excluding carboxylic acids is 2. The molecular formula is C33H34BClN2O5S. The molecule has 3 aliphatic rings. The number of hydrogen-bond donors (Lipinski definition) is 2. The molecule has 6 rings (SSSR count). The van der Waals surface area contributed by atoms with Crippen LogP contribution < -0.4 is 0 Å². The molecule has 1 aliphatic carbocycles. The van der Waals surface area contributed by atoms with E-state index < -0.39 is 25.1 Å². The lowest BCUT2D eigenvalue weighted by molar-refractivity contribution is -0.140. The second-order valence-corrected chi connectivity index (χ2v) is 13.0. The minimum atomic E-state index is -1.02. The lowest BCUT2D eigenvalue weighted by Gasteiger charge is -2.43. The first kappa shape index (κ1) is 29.8. The number of aromatic hydroxyl groups is 1. The molecule has 3 aromatic rings. The number of nitrogens with zero attached hydrogens (tertiary/aromatic N) is 2. The number of imide groups is 1. The van der Waals surface area contributed by atoms with Crippen LogP contribution >= 0.6 is 22.9 Å². The Morgan fingerprint density at radius 1 is 1.19 bits per heavy atom. The minimum Gasteiger partial charge on any atom is -0.508 e. The fraction of sp³-hybridized carbons (Fsp3) is 0.364. The maximum absolute atomic E-state index is 13.8. The lowest BCUT2D eigenvalue weighted by atomic mass is 9.58. The third kappa shape index (κ3) is 6.09. The number of fused-ring (bicyclic) bond motifs is 3. The van der Waals surface area contributed by atoms with Gasteiger partial charge in [-0.05, 0) is 102 Å². The fourth-order valence-electron chi connectivity index (χ4n) is 7.02. The van der Waals surface area contributed by atoms with Crippen molar-refractivity contribution in [1.82, 2.24) is 9.88 Å². The Morgan fingerprint density at radius 2 is 2.05 bits per heavy atom. The number of rotatable bonds is 9. The van der Waals surface area contributed by atoms with Crippen LogP contribution in [-0.2, 0) is 20.8 Å². The molecule has 2 saturated heterocycles. The molecule has 43 heavy (non-hydrogen) atoms. The van der Waals surface area contributed by atoms with Gasteiger partial charge in [0.05, 0.1) is 35.2 Å². The number of thiophene rings is 1. The van der Waals surface area contributed by atoms with Gasteiger partial charge in [-0.25, -0.2) is 0 Å². The van der Waals surface area contributed by atoms with E-state index in [1.807, 2.05) is 41.8 Å². The van der Waals surface area contributed by atoms with Crippen molar-refractivity contribution in [3.8, 4) is 5.75 Å². The van der Waals surface area contributed by atoms with Crippen LogP contribution in [0, 0.1) is 17.8 Å². The topological polar surface area (TPSA) is 100.0 Å². The summed E-state index contributed by atoms with van der Waals surface area (Å²) in [7, 11) is -1.02. The maximum Gasteiger partial charge on any atom is 0.455 e. The van der Waals surface area contributed by atoms with Crippen LogP contribution in [0.5, 0.6) is 5.75 Å². The summed E-state index contributed by atoms with van der Waals surface area (Å²) < 4.78 is 6.21. The molecule has 0 saturated carbocycles. The summed E-state index contributed by atoms with van der Waals surface area (Å²) >= 11 is 8.00. The van der Waals surface area contributed by atoms with Crippen LogP contribution in [-0.4, -0.2) is 45.1 Å². The van der Waals surface area contributed by atoms with E-state index in [1.165, 1.54) is 16.5 Å². The fourth-order valence-corrected chi connectivity index (χ4v) is 7.94. The molecule has 1 aromatic carbocycles. The number of pyridine rings is 1. The van der Waals surface area contributed by atoms with Crippen LogP contribution in [0.1, 0.15) is 55.2 Å². The van der Waals surface area contributed by atoms with Gasteiger partial charge in [0.25, 0.3) is 0 Å². The normalized spacial score (nSPS) is 24.0. The molecule has 222 valence electrons. The molecule has 0 unspecified atom stereocenters. The van der Waals surface area contributed by atoms with Gasteiger partial charge in [0.1, 0.15) is 5.75 Å². The number of aromatic nitrogens is 1. The molecule has 0 radical (unpaired) electrons. The van der Waals surface area contributed by atoms with Crippen molar-refractivity contribution in [2.75, 3.05) is 0 Å². The van der Waals surface area contributed by atoms with Crippen LogP contribution in [0.15, 0.2) is 71.3 Å². The average molecular weight is 617 g/mol. The zero-order valence-corrected chi connectivity index (χ0v) is 25.6. The molecule has 4 heterocycles. The lowest BCUT2D eigenvalue weighted by Crippen LogP contribution is -2.46. The van der Waals surface area contributed by atoms with Gasteiger partial charge in [-0.2, -0.15) is 0 Å². The Kier molecular flexibility index (Phi) is 8.86. The average Bonchev–Trinajstić information content (AvgIpc) is 3.59. The quantitative estimate of drug-likeness (QED) is 0.159. The van der Waals surface area contributed by atoms with Crippen molar-refractivity contribution >= 4 is 53.5 Å². The summed E-state index contributed by atoms with van der Waals surface area (Å²) in [4.78, 5) is 34.4. The zero-order chi connectivity index (χ0) is 30.1. The van der Waals surface area contributed by atoms with E-state index in [-0.39, 0.29) is 23.5 Å². The van der Waals surface area contributed by atoms with Gasteiger partial charge in [-0.15, -0.1) is 11.3 Å². The van der Waals surface area contributed by atoms with Gasteiger partial charge in [0.15, 0.2) is 0 Å². The van der Waals surface area contributed by atoms with E-state index >= 15 is 0 Å². The number of allylic oxidation sites excluding steroid dienone is 2. The number of hydrogen-bond acceptors (Lipinski definition) is 7. The van der Waals surface area contributed by atoms with E-state index in [0.29, 0.717) is 37.2 Å². The van der Waals surface area contributed by atoms with Crippen LogP contribution in [0.4, 0.5) is 0 Å². The summed E-state index contributed by atoms with van der Waals surface area (Å²) in [5.74, 6) is -1.25. The predicted octanol–water partition coefficient (Wildman–Crippen LogP) is 6.62. The minimum absolute atomic E-state index is 0.0945. The number of halogens is 1. The monoisotopic (exact) mass is 616 g/mol. The highest BCUT2D eigenvalue weighted by atomic mass is 35.5. The van der Waals surface area contributed by atoms with Crippen LogP contribution in [0.2, 0.25) is 11.3 Å². The molecule has 7 nitrogen and oxygen atoms in total. The Hall–Kier alpha value is -3.24. The summed E-state index contributed by atoms with van der Waals surface area (Å²) in [5.41, 5.74) is 4.78. The van der Waals surface area contributed by atoms with Crippen LogP contribution in [0.25, 0.3) is 11.6 Å². The van der Waals surface area contributed by atoms with E-state index in [2.05, 4.69) is 11.9 Å². The Balaban J connectivity index is 1.31. The van der Waals surface area contributed by atoms with Crippen molar-refractivity contribution in [3.05, 3.63) is 92.4 Å². The Labute approximate surface area is 261 Å². The van der Waals surface area contributed by atoms with E-state index in [9.17, 15) is 19.7 Å². The number of likely N-dealkylation sites (tertiary alicyclic amines) is 1. The summed E-state index contributed by atoms with van der Waals surface area (Å²) in [6.45, 7) is 2.42. The summed E-state index contributed by atoms with van der Waals surface area (Å²) in [6, 6.07) is 14.5. The zero-order valence-electron chi connectivity index (χ0n) is 24.0. The van der Waals surface area contributed by atoms with E-state index in [4.69, 9.17) is 16.3 Å². The smallest absolute Gasteiger partial charge is 0.455 e. The standard InChI is InChI=1S/C33H34BClN2O5S/c1-2-6-22-16-25-31(33(40)37(32(25)39)19-24-7-5-14-43-24)26-18-34(41)42-29(30(22)26)12-10-21(28-8-3-4-13-36-28)15-20-9-11-23(38)17-27(20)35/h3-5,7-9,11,13-15,17,25-26,29,31,38,41H,2,6,10,12,16,18-19H2,1H3/b21-15-/t25-,26+,29-,31-/m1/s1. The molecule has 2 aromatic heterocycles. The third-order valence-electron chi connectivity index (χ3n) is 8.83. The number of phenols is 1. The van der Waals surface area contributed by atoms with Gasteiger partial charge in [-0.3, -0.25) is 19.5 Å². The first-order valence-corrected chi connectivity index (χ1v) is 16.1. The van der Waals surface area contributed by atoms with Crippen molar-refractivity contribution in [2.24, 2.45) is 17.8 Å². The molecule has 2 fully saturated rings. The molecule has 10 heteroatoms. The second-order valence-electron chi connectivity index (χ2n) is 11.5. The molecule has 4 atom stereocenters. The SMILES string of the molecule is CCCC1=C2[C@@H](CC/C(=C/c3ccc(O)cc3Cl)c3ccccn3)OB(O)C[C@@H]2[C@@H]2C(=O)N(Cc3cccs3)C(=O)[C@@H]2C1. The molecule has 0 spiro atoms. The Bertz CT molecular complexity index is 1560. The highest BCUT2D eigenvalue weighted by Crippen LogP contribution is 2.51. The van der Waals surface area contributed by atoms with Gasteiger partial charge in [0.2, 0.25) is 11.8 Å². The summed E-state index contributed by atoms with van der Waals surface area (Å²) in [6.07, 6.45) is 7.05. The first-order chi connectivity index (χ1) is 20.8. The number of benzene rings is 1. The summed E-state index contributed by atoms with van der Waals surface area (Å²) in [5, 5.41) is 23.2. The van der Waals surface area contributed by atoms with E-state index in [0.717, 1.165) is 40.1 Å². The van der Waals surface area contributed by atoms with Crippen molar-refractivity contribution < 1.29 is 24.4 Å². The van der Waals surface area contributed by atoms with Crippen molar-refractivity contribution in [3.63, 3.8) is 0 Å². The largest absolute Gasteiger partial charge is 0.508 e. The van der Waals surface area contributed by atoms with Gasteiger partial charge in [0, 0.05) is 11.1 Å². The number of amides is 2. The third-order valence-corrected chi connectivity index (χ3v) is 10.0. The second kappa shape index (κ2) is 12.8. The molecule has 2 N–H and O–H groups in total. The molecular weight excluding hydrogens is 583 g/mol. The highest BCUT2D eigenvalue weighted by Gasteiger charge is 2.57. The molecule has 0 bridgehead atoms. The van der Waals surface area contributed by atoms with Crippen molar-refractivity contribution in [1.29, 1.82) is 0 Å². The molecule has 2 amide bonds. The maximum atomic E-state index is 13.8.